The van der Waals surface area contributed by atoms with E-state index in [1.807, 2.05) is 38.1 Å². The fourth-order valence-corrected chi connectivity index (χ4v) is 2.32. The highest BCUT2D eigenvalue weighted by Gasteiger charge is 2.28. The summed E-state index contributed by atoms with van der Waals surface area (Å²) in [5, 5.41) is 8.96. The van der Waals surface area contributed by atoms with Crippen LogP contribution in [0.2, 0.25) is 0 Å². The summed E-state index contributed by atoms with van der Waals surface area (Å²) in [5.74, 6) is 0.452. The Labute approximate surface area is 161 Å². The highest BCUT2D eigenvalue weighted by molar-refractivity contribution is 5.94. The lowest BCUT2D eigenvalue weighted by Gasteiger charge is -2.31. The fourth-order valence-electron chi connectivity index (χ4n) is 2.32. The van der Waals surface area contributed by atoms with Crippen LogP contribution in [0.4, 0.5) is 11.4 Å². The van der Waals surface area contributed by atoms with Gasteiger partial charge >= 0.3 is 0 Å². The van der Waals surface area contributed by atoms with Crippen molar-refractivity contribution in [2.75, 3.05) is 44.4 Å². The van der Waals surface area contributed by atoms with Gasteiger partial charge in [0.15, 0.2) is 0 Å². The van der Waals surface area contributed by atoms with Crippen LogP contribution in [0.3, 0.4) is 0 Å². The molecular formula is C17H28Cl2N4O2. The third kappa shape index (κ3) is 7.61. The van der Waals surface area contributed by atoms with Crippen LogP contribution in [-0.4, -0.2) is 50.4 Å². The maximum atomic E-state index is 12.1. The average Bonchev–Trinajstić information content (AvgIpc) is 2.45. The van der Waals surface area contributed by atoms with Crippen molar-refractivity contribution in [2.24, 2.45) is 11.8 Å². The summed E-state index contributed by atoms with van der Waals surface area (Å²) in [4.78, 5) is 25.9. The first-order chi connectivity index (χ1) is 11.0. The van der Waals surface area contributed by atoms with Crippen LogP contribution in [0, 0.1) is 11.8 Å². The third-order valence-corrected chi connectivity index (χ3v) is 4.16. The van der Waals surface area contributed by atoms with Crippen LogP contribution in [0.5, 0.6) is 0 Å². The summed E-state index contributed by atoms with van der Waals surface area (Å²) in [7, 11) is 3.87. The van der Waals surface area contributed by atoms with E-state index in [4.69, 9.17) is 0 Å². The van der Waals surface area contributed by atoms with Gasteiger partial charge in [-0.25, -0.2) is 0 Å². The number of nitrogens with zero attached hydrogens (tertiary/aromatic N) is 1. The molecule has 1 aliphatic rings. The van der Waals surface area contributed by atoms with Gasteiger partial charge in [0.1, 0.15) is 0 Å². The molecule has 8 heteroatoms. The Bertz CT molecular complexity index is 548. The maximum absolute atomic E-state index is 12.1. The number of anilines is 2. The number of rotatable bonds is 7. The minimum absolute atomic E-state index is 0. The normalized spacial score (nSPS) is 14.6. The molecule has 25 heavy (non-hydrogen) atoms. The number of carbonyl (C=O) groups is 2. The van der Waals surface area contributed by atoms with Crippen molar-refractivity contribution >= 4 is 48.0 Å². The highest BCUT2D eigenvalue weighted by atomic mass is 35.5. The van der Waals surface area contributed by atoms with E-state index in [2.05, 4.69) is 16.0 Å². The van der Waals surface area contributed by atoms with E-state index in [1.165, 1.54) is 0 Å². The molecule has 1 aliphatic heterocycles. The molecule has 0 radical (unpaired) electrons. The molecule has 1 aromatic carbocycles. The summed E-state index contributed by atoms with van der Waals surface area (Å²) in [6.07, 6.45) is 0.457. The number of carbonyl (C=O) groups excluding carboxylic acids is 2. The molecule has 6 nitrogen and oxygen atoms in total. The lowest BCUT2D eigenvalue weighted by molar-refractivity contribution is -0.121. The van der Waals surface area contributed by atoms with Crippen molar-refractivity contribution < 1.29 is 9.59 Å². The quantitative estimate of drug-likeness (QED) is 0.667. The Kier molecular flexibility index (Phi) is 10.7. The van der Waals surface area contributed by atoms with E-state index >= 15 is 0 Å². The van der Waals surface area contributed by atoms with Gasteiger partial charge in [-0.2, -0.15) is 0 Å². The molecule has 2 rings (SSSR count). The van der Waals surface area contributed by atoms with Crippen LogP contribution in [0.25, 0.3) is 0 Å². The van der Waals surface area contributed by atoms with E-state index in [9.17, 15) is 9.59 Å². The molecule has 0 aromatic heterocycles. The summed E-state index contributed by atoms with van der Waals surface area (Å²) in [6.45, 7) is 4.49. The average molecular weight is 391 g/mol. The smallest absolute Gasteiger partial charge is 0.227 e. The second-order valence-electron chi connectivity index (χ2n) is 6.38. The zero-order valence-electron chi connectivity index (χ0n) is 14.9. The number of benzene rings is 1. The molecule has 142 valence electrons. The van der Waals surface area contributed by atoms with Crippen molar-refractivity contribution in [1.29, 1.82) is 0 Å². The van der Waals surface area contributed by atoms with Gasteiger partial charge in [0.25, 0.3) is 0 Å². The summed E-state index contributed by atoms with van der Waals surface area (Å²) in [6, 6.07) is 7.23. The van der Waals surface area contributed by atoms with Gasteiger partial charge < -0.3 is 20.9 Å². The molecule has 0 aliphatic carbocycles. The van der Waals surface area contributed by atoms with E-state index < -0.39 is 0 Å². The van der Waals surface area contributed by atoms with Gasteiger partial charge in [-0.3, -0.25) is 9.59 Å². The van der Waals surface area contributed by atoms with Crippen LogP contribution in [-0.2, 0) is 9.59 Å². The molecule has 0 bridgehead atoms. The zero-order chi connectivity index (χ0) is 16.8. The summed E-state index contributed by atoms with van der Waals surface area (Å²) < 4.78 is 0. The molecule has 1 heterocycles. The minimum Gasteiger partial charge on any atom is -0.326 e. The Morgan fingerprint density at radius 2 is 1.64 bits per heavy atom. The second-order valence-corrected chi connectivity index (χ2v) is 6.38. The molecule has 0 spiro atoms. The minimum atomic E-state index is -0.0124. The molecule has 2 amide bonds. The first-order valence-corrected chi connectivity index (χ1v) is 8.02. The van der Waals surface area contributed by atoms with Gasteiger partial charge in [0.05, 0.1) is 0 Å². The topological polar surface area (TPSA) is 73.5 Å². The van der Waals surface area contributed by atoms with Crippen LogP contribution in [0.15, 0.2) is 24.3 Å². The summed E-state index contributed by atoms with van der Waals surface area (Å²) >= 11 is 0. The van der Waals surface area contributed by atoms with Crippen molar-refractivity contribution in [3.05, 3.63) is 24.3 Å². The van der Waals surface area contributed by atoms with Gasteiger partial charge in [0.2, 0.25) is 11.8 Å². The Morgan fingerprint density at radius 1 is 1.12 bits per heavy atom. The number of halogens is 2. The Hall–Kier alpha value is -1.34. The number of hydrogen-bond donors (Lipinski definition) is 3. The Morgan fingerprint density at radius 3 is 2.08 bits per heavy atom. The second kappa shape index (κ2) is 11.3. The standard InChI is InChI=1S/C17H26N4O2.2ClH/c1-12(13-10-18-11-13)17(23)20-15-6-4-14(5-7-15)19-16(22)8-9-21(2)3;;/h4-7,12-13,18H,8-11H2,1-3H3,(H,19,22)(H,20,23);2*1H. The van der Waals surface area contributed by atoms with Crippen molar-refractivity contribution in [3.8, 4) is 0 Å². The van der Waals surface area contributed by atoms with Gasteiger partial charge in [-0.05, 0) is 57.4 Å². The molecule has 0 saturated carbocycles. The molecule has 1 atom stereocenters. The van der Waals surface area contributed by atoms with Gasteiger partial charge in [-0.1, -0.05) is 6.92 Å². The monoisotopic (exact) mass is 390 g/mol. The van der Waals surface area contributed by atoms with Crippen LogP contribution < -0.4 is 16.0 Å². The van der Waals surface area contributed by atoms with E-state index in [0.29, 0.717) is 18.9 Å². The first-order valence-electron chi connectivity index (χ1n) is 8.02. The van der Waals surface area contributed by atoms with Gasteiger partial charge in [0, 0.05) is 30.3 Å². The highest BCUT2D eigenvalue weighted by Crippen LogP contribution is 2.19. The lowest BCUT2D eigenvalue weighted by atomic mass is 9.88. The fraction of sp³-hybridized carbons (Fsp3) is 0.529. The molecule has 1 saturated heterocycles. The molecule has 1 aromatic rings. The van der Waals surface area contributed by atoms with E-state index in [0.717, 1.165) is 24.5 Å². The predicted molar refractivity (Wildman–Crippen MR) is 107 cm³/mol. The zero-order valence-corrected chi connectivity index (χ0v) is 16.5. The number of hydrogen-bond acceptors (Lipinski definition) is 4. The van der Waals surface area contributed by atoms with Crippen LogP contribution >= 0.6 is 24.8 Å². The summed E-state index contributed by atoms with van der Waals surface area (Å²) in [5.41, 5.74) is 1.49. The Balaban J connectivity index is 0.00000288. The number of nitrogens with one attached hydrogen (secondary N) is 3. The lowest BCUT2D eigenvalue weighted by Crippen LogP contribution is -2.48. The van der Waals surface area contributed by atoms with E-state index in [1.54, 1.807) is 12.1 Å². The van der Waals surface area contributed by atoms with Crippen LogP contribution in [0.1, 0.15) is 13.3 Å². The maximum Gasteiger partial charge on any atom is 0.227 e. The van der Waals surface area contributed by atoms with Crippen molar-refractivity contribution in [3.63, 3.8) is 0 Å². The third-order valence-electron chi connectivity index (χ3n) is 4.16. The molecule has 1 fully saturated rings. The van der Waals surface area contributed by atoms with Crippen molar-refractivity contribution in [1.82, 2.24) is 10.2 Å². The van der Waals surface area contributed by atoms with Gasteiger partial charge in [-0.15, -0.1) is 24.8 Å². The van der Waals surface area contributed by atoms with E-state index in [-0.39, 0.29) is 42.5 Å². The predicted octanol–water partition coefficient (Wildman–Crippen LogP) is 2.21. The molecular weight excluding hydrogens is 363 g/mol. The molecule has 3 N–H and O–H groups in total. The van der Waals surface area contributed by atoms with Crippen molar-refractivity contribution in [2.45, 2.75) is 13.3 Å². The first kappa shape index (κ1) is 23.7. The molecule has 1 unspecified atom stereocenters. The largest absolute Gasteiger partial charge is 0.326 e. The SMILES string of the molecule is CC(C(=O)Nc1ccc(NC(=O)CCN(C)C)cc1)C1CNC1.Cl.Cl. The number of amides is 2.